The molecule has 1 aromatic rings. The number of rotatable bonds is 4. The quantitative estimate of drug-likeness (QED) is 0.780. The lowest BCUT2D eigenvalue weighted by Gasteiger charge is -2.17. The van der Waals surface area contributed by atoms with E-state index in [-0.39, 0.29) is 5.91 Å². The van der Waals surface area contributed by atoms with Crippen LogP contribution in [0.1, 0.15) is 38.2 Å². The Morgan fingerprint density at radius 2 is 2.21 bits per heavy atom. The molecule has 1 fully saturated rings. The summed E-state index contributed by atoms with van der Waals surface area (Å²) in [6.07, 6.45) is 3.72. The Kier molecular flexibility index (Phi) is 4.43. The third-order valence-electron chi connectivity index (χ3n) is 3.68. The van der Waals surface area contributed by atoms with Crippen LogP contribution >= 0.6 is 0 Å². The van der Waals surface area contributed by atoms with Crippen molar-refractivity contribution in [2.75, 3.05) is 10.6 Å². The van der Waals surface area contributed by atoms with E-state index in [1.165, 1.54) is 5.56 Å². The first kappa shape index (κ1) is 13.9. The highest BCUT2D eigenvalue weighted by atomic mass is 16.1. The molecule has 4 heteroatoms. The first-order valence-electron chi connectivity index (χ1n) is 7.01. The summed E-state index contributed by atoms with van der Waals surface area (Å²) in [4.78, 5) is 11.4. The molecule has 2 unspecified atom stereocenters. The lowest BCUT2D eigenvalue weighted by Crippen LogP contribution is -2.21. The van der Waals surface area contributed by atoms with Crippen LogP contribution in [0.4, 0.5) is 11.4 Å². The van der Waals surface area contributed by atoms with Crippen LogP contribution in [-0.4, -0.2) is 18.0 Å². The second-order valence-corrected chi connectivity index (χ2v) is 5.35. The van der Waals surface area contributed by atoms with Crippen molar-refractivity contribution >= 4 is 17.3 Å². The van der Waals surface area contributed by atoms with Crippen molar-refractivity contribution in [3.05, 3.63) is 23.8 Å². The number of carbonyl (C=O) groups is 1. The van der Waals surface area contributed by atoms with Crippen molar-refractivity contribution in [1.82, 2.24) is 0 Å². The Hall–Kier alpha value is -1.55. The molecule has 4 nitrogen and oxygen atoms in total. The summed E-state index contributed by atoms with van der Waals surface area (Å²) in [5.41, 5.74) is 9.06. The number of benzene rings is 1. The van der Waals surface area contributed by atoms with Crippen LogP contribution in [0.2, 0.25) is 0 Å². The Labute approximate surface area is 114 Å². The molecule has 4 N–H and O–H groups in total. The van der Waals surface area contributed by atoms with Gasteiger partial charge in [-0.15, -0.1) is 0 Å². The standard InChI is InChI=1S/C15H23N3O/c1-3-15(19)18-13-6-4-10(2)14(9-13)17-12-7-5-11(16)8-12/h4,6,9,11-12,17H,3,5,7-8,16H2,1-2H3,(H,18,19). The fraction of sp³-hybridized carbons (Fsp3) is 0.533. The van der Waals surface area contributed by atoms with Crippen LogP contribution in [0, 0.1) is 6.92 Å². The minimum Gasteiger partial charge on any atom is -0.382 e. The maximum atomic E-state index is 11.4. The van der Waals surface area contributed by atoms with Crippen molar-refractivity contribution in [2.24, 2.45) is 5.73 Å². The van der Waals surface area contributed by atoms with Gasteiger partial charge in [0, 0.05) is 29.9 Å². The molecule has 0 spiro atoms. The highest BCUT2D eigenvalue weighted by Gasteiger charge is 2.21. The Morgan fingerprint density at radius 3 is 2.84 bits per heavy atom. The van der Waals surface area contributed by atoms with E-state index in [9.17, 15) is 4.79 Å². The van der Waals surface area contributed by atoms with Gasteiger partial charge in [-0.05, 0) is 43.9 Å². The van der Waals surface area contributed by atoms with Gasteiger partial charge >= 0.3 is 0 Å². The maximum Gasteiger partial charge on any atom is 0.224 e. The lowest BCUT2D eigenvalue weighted by atomic mass is 10.1. The summed E-state index contributed by atoms with van der Waals surface area (Å²) in [6.45, 7) is 3.92. The van der Waals surface area contributed by atoms with Gasteiger partial charge in [0.15, 0.2) is 0 Å². The van der Waals surface area contributed by atoms with Crippen molar-refractivity contribution in [1.29, 1.82) is 0 Å². The number of hydrogen-bond donors (Lipinski definition) is 3. The normalized spacial score (nSPS) is 22.3. The molecule has 2 rings (SSSR count). The fourth-order valence-electron chi connectivity index (χ4n) is 2.47. The van der Waals surface area contributed by atoms with Crippen LogP contribution in [0.5, 0.6) is 0 Å². The topological polar surface area (TPSA) is 67.2 Å². The van der Waals surface area contributed by atoms with Crippen molar-refractivity contribution < 1.29 is 4.79 Å². The van der Waals surface area contributed by atoms with E-state index in [0.717, 1.165) is 30.6 Å². The van der Waals surface area contributed by atoms with Crippen molar-refractivity contribution in [3.63, 3.8) is 0 Å². The van der Waals surface area contributed by atoms with Crippen molar-refractivity contribution in [3.8, 4) is 0 Å². The summed E-state index contributed by atoms with van der Waals surface area (Å²) in [5, 5.41) is 6.43. The van der Waals surface area contributed by atoms with Crippen LogP contribution in [-0.2, 0) is 4.79 Å². The van der Waals surface area contributed by atoms with E-state index in [4.69, 9.17) is 5.73 Å². The van der Waals surface area contributed by atoms with Gasteiger partial charge in [0.1, 0.15) is 0 Å². The first-order valence-corrected chi connectivity index (χ1v) is 7.01. The van der Waals surface area contributed by atoms with Gasteiger partial charge in [-0.25, -0.2) is 0 Å². The second kappa shape index (κ2) is 6.06. The van der Waals surface area contributed by atoms with Crippen LogP contribution in [0.3, 0.4) is 0 Å². The molecule has 1 aliphatic rings. The summed E-state index contributed by atoms with van der Waals surface area (Å²) >= 11 is 0. The summed E-state index contributed by atoms with van der Waals surface area (Å²) < 4.78 is 0. The van der Waals surface area contributed by atoms with Gasteiger partial charge in [-0.3, -0.25) is 4.79 Å². The van der Waals surface area contributed by atoms with E-state index >= 15 is 0 Å². The first-order chi connectivity index (χ1) is 9.08. The largest absolute Gasteiger partial charge is 0.382 e. The van der Waals surface area contributed by atoms with Gasteiger partial charge in [-0.1, -0.05) is 13.0 Å². The lowest BCUT2D eigenvalue weighted by molar-refractivity contribution is -0.115. The molecule has 0 bridgehead atoms. The van der Waals surface area contributed by atoms with Gasteiger partial charge in [0.2, 0.25) is 5.91 Å². The molecule has 2 atom stereocenters. The second-order valence-electron chi connectivity index (χ2n) is 5.35. The number of nitrogens with two attached hydrogens (primary N) is 1. The maximum absolute atomic E-state index is 11.4. The van der Waals surface area contributed by atoms with E-state index in [1.807, 2.05) is 25.1 Å². The zero-order valence-electron chi connectivity index (χ0n) is 11.7. The molecule has 1 aromatic carbocycles. The minimum atomic E-state index is 0.0395. The number of hydrogen-bond acceptors (Lipinski definition) is 3. The summed E-state index contributed by atoms with van der Waals surface area (Å²) in [5.74, 6) is 0.0395. The van der Waals surface area contributed by atoms with E-state index < -0.39 is 0 Å². The van der Waals surface area contributed by atoms with E-state index in [0.29, 0.717) is 18.5 Å². The number of aryl methyl sites for hydroxylation is 1. The average molecular weight is 261 g/mol. The molecule has 0 aliphatic heterocycles. The highest BCUT2D eigenvalue weighted by Crippen LogP contribution is 2.26. The molecule has 0 saturated heterocycles. The smallest absolute Gasteiger partial charge is 0.224 e. The number of carbonyl (C=O) groups excluding carboxylic acids is 1. The minimum absolute atomic E-state index is 0.0395. The van der Waals surface area contributed by atoms with Crippen LogP contribution < -0.4 is 16.4 Å². The summed E-state index contributed by atoms with van der Waals surface area (Å²) in [7, 11) is 0. The molecule has 0 radical (unpaired) electrons. The fourth-order valence-corrected chi connectivity index (χ4v) is 2.47. The molecule has 0 heterocycles. The predicted molar refractivity (Wildman–Crippen MR) is 79.3 cm³/mol. The molecule has 0 aromatic heterocycles. The molecule has 19 heavy (non-hydrogen) atoms. The van der Waals surface area contributed by atoms with Gasteiger partial charge in [0.05, 0.1) is 0 Å². The number of nitrogens with one attached hydrogen (secondary N) is 2. The molecular weight excluding hydrogens is 238 g/mol. The summed E-state index contributed by atoms with van der Waals surface area (Å²) in [6, 6.07) is 6.75. The van der Waals surface area contributed by atoms with Crippen molar-refractivity contribution in [2.45, 2.75) is 51.6 Å². The SMILES string of the molecule is CCC(=O)Nc1ccc(C)c(NC2CCC(N)C2)c1. The highest BCUT2D eigenvalue weighted by molar-refractivity contribution is 5.91. The molecule has 104 valence electrons. The molecule has 1 amide bonds. The molecule has 1 saturated carbocycles. The molecule has 1 aliphatic carbocycles. The van der Waals surface area contributed by atoms with E-state index in [2.05, 4.69) is 17.6 Å². The molecular formula is C15H23N3O. The zero-order chi connectivity index (χ0) is 13.8. The van der Waals surface area contributed by atoms with Gasteiger partial charge in [0.25, 0.3) is 0 Å². The number of amides is 1. The third-order valence-corrected chi connectivity index (χ3v) is 3.68. The average Bonchev–Trinajstić information content (AvgIpc) is 2.79. The van der Waals surface area contributed by atoms with E-state index in [1.54, 1.807) is 0 Å². The monoisotopic (exact) mass is 261 g/mol. The predicted octanol–water partition coefficient (Wildman–Crippen LogP) is 2.64. The Bertz CT molecular complexity index is 459. The van der Waals surface area contributed by atoms with Gasteiger partial charge < -0.3 is 16.4 Å². The van der Waals surface area contributed by atoms with Crippen LogP contribution in [0.25, 0.3) is 0 Å². The zero-order valence-corrected chi connectivity index (χ0v) is 11.7. The van der Waals surface area contributed by atoms with Gasteiger partial charge in [-0.2, -0.15) is 0 Å². The number of anilines is 2. The Morgan fingerprint density at radius 1 is 1.42 bits per heavy atom. The third kappa shape index (κ3) is 3.70. The Balaban J connectivity index is 2.06. The van der Waals surface area contributed by atoms with Crippen LogP contribution in [0.15, 0.2) is 18.2 Å².